The number of fused-ring (bicyclic) bond motifs is 1. The molecular formula is C21H23ClN2O2S. The van der Waals surface area contributed by atoms with Crippen LogP contribution in [0.25, 0.3) is 0 Å². The summed E-state index contributed by atoms with van der Waals surface area (Å²) in [6.45, 7) is 5.93. The average molecular weight is 403 g/mol. The Morgan fingerprint density at radius 1 is 1.37 bits per heavy atom. The second-order valence-corrected chi connectivity index (χ2v) is 8.67. The van der Waals surface area contributed by atoms with E-state index in [1.165, 1.54) is 16.2 Å². The maximum atomic E-state index is 12.4. The summed E-state index contributed by atoms with van der Waals surface area (Å²) < 4.78 is 5.79. The molecule has 0 fully saturated rings. The van der Waals surface area contributed by atoms with E-state index in [1.807, 2.05) is 19.1 Å². The van der Waals surface area contributed by atoms with Crippen molar-refractivity contribution in [1.82, 2.24) is 0 Å². The molecule has 0 spiro atoms. The highest BCUT2D eigenvalue weighted by molar-refractivity contribution is 7.16. The van der Waals surface area contributed by atoms with Crippen LogP contribution in [-0.2, 0) is 17.6 Å². The van der Waals surface area contributed by atoms with Crippen LogP contribution >= 0.6 is 22.9 Å². The van der Waals surface area contributed by atoms with Gasteiger partial charge >= 0.3 is 0 Å². The van der Waals surface area contributed by atoms with Gasteiger partial charge < -0.3 is 10.1 Å². The number of amides is 1. The summed E-state index contributed by atoms with van der Waals surface area (Å²) in [5.41, 5.74) is 3.62. The number of aryl methyl sites for hydroxylation is 2. The molecule has 2 aromatic rings. The summed E-state index contributed by atoms with van der Waals surface area (Å²) in [5.74, 6) is 0.649. The molecule has 3 rings (SSSR count). The molecule has 0 bridgehead atoms. The van der Waals surface area contributed by atoms with Crippen molar-refractivity contribution >= 4 is 33.8 Å². The average Bonchev–Trinajstić information content (AvgIpc) is 2.98. The van der Waals surface area contributed by atoms with Gasteiger partial charge in [-0.15, -0.1) is 11.3 Å². The van der Waals surface area contributed by atoms with Crippen LogP contribution < -0.4 is 10.1 Å². The topological polar surface area (TPSA) is 62.1 Å². The van der Waals surface area contributed by atoms with Crippen molar-refractivity contribution in [2.24, 2.45) is 0 Å². The van der Waals surface area contributed by atoms with Gasteiger partial charge in [-0.05, 0) is 67.3 Å². The van der Waals surface area contributed by atoms with E-state index in [1.54, 1.807) is 0 Å². The lowest BCUT2D eigenvalue weighted by Crippen LogP contribution is -2.20. The van der Waals surface area contributed by atoms with Crippen molar-refractivity contribution in [2.45, 2.75) is 52.4 Å². The number of anilines is 1. The zero-order valence-electron chi connectivity index (χ0n) is 15.8. The molecular weight excluding hydrogens is 380 g/mol. The van der Waals surface area contributed by atoms with Crippen molar-refractivity contribution in [3.63, 3.8) is 0 Å². The number of ether oxygens (including phenoxy) is 1. The van der Waals surface area contributed by atoms with Gasteiger partial charge in [0.1, 0.15) is 16.8 Å². The van der Waals surface area contributed by atoms with Crippen molar-refractivity contribution < 1.29 is 9.53 Å². The predicted octanol–water partition coefficient (Wildman–Crippen LogP) is 5.60. The van der Waals surface area contributed by atoms with Gasteiger partial charge in [0.25, 0.3) is 5.91 Å². The molecule has 1 aliphatic rings. The number of nitrogens with zero attached hydrogens (tertiary/aromatic N) is 1. The number of carbonyl (C=O) groups excluding carboxylic acids is 1. The summed E-state index contributed by atoms with van der Waals surface area (Å²) in [6, 6.07) is 6.03. The Labute approximate surface area is 169 Å². The Bertz CT molecular complexity index is 912. The van der Waals surface area contributed by atoms with Crippen LogP contribution in [0.15, 0.2) is 12.1 Å². The molecule has 1 N–H and O–H groups in total. The predicted molar refractivity (Wildman–Crippen MR) is 110 cm³/mol. The lowest BCUT2D eigenvalue weighted by atomic mass is 9.96. The van der Waals surface area contributed by atoms with E-state index in [4.69, 9.17) is 16.3 Å². The number of hydrogen-bond acceptors (Lipinski definition) is 4. The van der Waals surface area contributed by atoms with E-state index in [2.05, 4.69) is 25.2 Å². The van der Waals surface area contributed by atoms with Gasteiger partial charge in [-0.1, -0.05) is 25.4 Å². The van der Waals surface area contributed by atoms with Crippen molar-refractivity contribution in [1.29, 1.82) is 5.26 Å². The van der Waals surface area contributed by atoms with Gasteiger partial charge in [-0.2, -0.15) is 5.26 Å². The Morgan fingerprint density at radius 3 is 2.81 bits per heavy atom. The first kappa shape index (κ1) is 19.7. The molecule has 4 nitrogen and oxygen atoms in total. The number of benzene rings is 1. The summed E-state index contributed by atoms with van der Waals surface area (Å²) in [4.78, 5) is 13.7. The summed E-state index contributed by atoms with van der Waals surface area (Å²) in [5, 5.41) is 13.7. The number of thiophene rings is 1. The largest absolute Gasteiger partial charge is 0.483 e. The molecule has 0 atom stereocenters. The first-order chi connectivity index (χ1) is 12.9. The van der Waals surface area contributed by atoms with Gasteiger partial charge in [0.2, 0.25) is 0 Å². The van der Waals surface area contributed by atoms with Crippen LogP contribution in [0, 0.1) is 18.3 Å². The van der Waals surface area contributed by atoms with Gasteiger partial charge in [0, 0.05) is 9.90 Å². The molecule has 0 aliphatic heterocycles. The normalized spacial score (nSPS) is 13.2. The summed E-state index contributed by atoms with van der Waals surface area (Å²) in [6.07, 6.45) is 4.15. The molecule has 6 heteroatoms. The van der Waals surface area contributed by atoms with Crippen molar-refractivity contribution in [3.8, 4) is 11.8 Å². The van der Waals surface area contributed by atoms with E-state index in [9.17, 15) is 10.1 Å². The van der Waals surface area contributed by atoms with E-state index in [0.717, 1.165) is 42.4 Å². The third-order valence-corrected chi connectivity index (χ3v) is 6.42. The third-order valence-electron chi connectivity index (χ3n) is 4.81. The maximum absolute atomic E-state index is 12.4. The minimum atomic E-state index is -0.257. The van der Waals surface area contributed by atoms with Crippen LogP contribution in [0.3, 0.4) is 0 Å². The number of carbonyl (C=O) groups is 1. The molecule has 1 aromatic carbocycles. The molecule has 27 heavy (non-hydrogen) atoms. The second-order valence-electron chi connectivity index (χ2n) is 7.16. The van der Waals surface area contributed by atoms with E-state index in [-0.39, 0.29) is 18.4 Å². The first-order valence-electron chi connectivity index (χ1n) is 9.18. The van der Waals surface area contributed by atoms with Crippen LogP contribution in [0.5, 0.6) is 5.75 Å². The lowest BCUT2D eigenvalue weighted by Gasteiger charge is -2.15. The Hall–Kier alpha value is -2.03. The quantitative estimate of drug-likeness (QED) is 0.707. The van der Waals surface area contributed by atoms with Gasteiger partial charge in [-0.3, -0.25) is 4.79 Å². The fourth-order valence-electron chi connectivity index (χ4n) is 3.32. The van der Waals surface area contributed by atoms with Crippen LogP contribution in [0.1, 0.15) is 59.7 Å². The molecule has 0 saturated heterocycles. The molecule has 0 radical (unpaired) electrons. The highest BCUT2D eigenvalue weighted by Gasteiger charge is 2.22. The van der Waals surface area contributed by atoms with E-state index >= 15 is 0 Å². The van der Waals surface area contributed by atoms with Crippen LogP contribution in [0.4, 0.5) is 5.00 Å². The first-order valence-corrected chi connectivity index (χ1v) is 10.4. The number of rotatable bonds is 5. The number of halogens is 1. The smallest absolute Gasteiger partial charge is 0.262 e. The van der Waals surface area contributed by atoms with Crippen LogP contribution in [0.2, 0.25) is 5.02 Å². The van der Waals surface area contributed by atoms with E-state index < -0.39 is 0 Å². The number of hydrogen-bond donors (Lipinski definition) is 1. The third kappa shape index (κ3) is 4.28. The van der Waals surface area contributed by atoms with Gasteiger partial charge in [0.15, 0.2) is 6.61 Å². The molecule has 0 saturated carbocycles. The van der Waals surface area contributed by atoms with E-state index in [0.29, 0.717) is 21.3 Å². The minimum Gasteiger partial charge on any atom is -0.483 e. The minimum absolute atomic E-state index is 0.103. The summed E-state index contributed by atoms with van der Waals surface area (Å²) >= 11 is 7.74. The number of nitriles is 1. The fraction of sp³-hybridized carbons (Fsp3) is 0.429. The molecule has 142 valence electrons. The highest BCUT2D eigenvalue weighted by Crippen LogP contribution is 2.37. The Kier molecular flexibility index (Phi) is 6.08. The van der Waals surface area contributed by atoms with Crippen molar-refractivity contribution in [2.75, 3.05) is 11.9 Å². The Balaban J connectivity index is 1.72. The molecule has 0 unspecified atom stereocenters. The zero-order chi connectivity index (χ0) is 19.6. The monoisotopic (exact) mass is 402 g/mol. The summed E-state index contributed by atoms with van der Waals surface area (Å²) in [7, 11) is 0. The molecule has 1 aliphatic carbocycles. The molecule has 1 heterocycles. The fourth-order valence-corrected chi connectivity index (χ4v) is 4.75. The van der Waals surface area contributed by atoms with Crippen molar-refractivity contribution in [3.05, 3.63) is 44.3 Å². The number of nitrogens with one attached hydrogen (secondary N) is 1. The van der Waals surface area contributed by atoms with Gasteiger partial charge in [0.05, 0.1) is 5.56 Å². The SMILES string of the molecule is Cc1cc(OCC(=O)Nc2sc3c(c2C#N)CCCC3)c(C(C)C)cc1Cl. The standard InChI is InChI=1S/C21H23ClN2O2S/c1-12(2)15-9-17(22)13(3)8-18(15)26-11-20(25)24-21-16(10-23)14-6-4-5-7-19(14)27-21/h8-9,12H,4-7,11H2,1-3H3,(H,24,25). The molecule has 1 amide bonds. The van der Waals surface area contributed by atoms with Gasteiger partial charge in [-0.25, -0.2) is 0 Å². The highest BCUT2D eigenvalue weighted by atomic mass is 35.5. The Morgan fingerprint density at radius 2 is 2.11 bits per heavy atom. The maximum Gasteiger partial charge on any atom is 0.262 e. The molecule has 1 aromatic heterocycles. The lowest BCUT2D eigenvalue weighted by molar-refractivity contribution is -0.118. The zero-order valence-corrected chi connectivity index (χ0v) is 17.4. The van der Waals surface area contributed by atoms with Crippen LogP contribution in [-0.4, -0.2) is 12.5 Å². The second kappa shape index (κ2) is 8.33.